The molecule has 3 heterocycles. The fourth-order valence-electron chi connectivity index (χ4n) is 4.18. The molecule has 1 aromatic carbocycles. The number of fused-ring (bicyclic) bond motifs is 2. The Kier molecular flexibility index (Phi) is 4.31. The summed E-state index contributed by atoms with van der Waals surface area (Å²) in [4.78, 5) is 14.6. The number of amides is 1. The van der Waals surface area contributed by atoms with Crippen molar-refractivity contribution in [3.05, 3.63) is 34.8 Å². The van der Waals surface area contributed by atoms with Crippen molar-refractivity contribution in [3.63, 3.8) is 0 Å². The summed E-state index contributed by atoms with van der Waals surface area (Å²) in [6.07, 6.45) is 4.07. The summed E-state index contributed by atoms with van der Waals surface area (Å²) in [6, 6.07) is 7.55. The van der Waals surface area contributed by atoms with Crippen LogP contribution in [0.25, 0.3) is 10.2 Å². The summed E-state index contributed by atoms with van der Waals surface area (Å²) in [6.45, 7) is 7.17. The molecule has 0 saturated heterocycles. The first-order chi connectivity index (χ1) is 13.9. The van der Waals surface area contributed by atoms with Crippen LogP contribution in [0.3, 0.4) is 0 Å². The van der Waals surface area contributed by atoms with Gasteiger partial charge in [-0.05, 0) is 43.9 Å². The third-order valence-corrected chi connectivity index (χ3v) is 6.68. The largest absolute Gasteiger partial charge is 0.448 e. The predicted octanol–water partition coefficient (Wildman–Crippen LogP) is 5.36. The number of carbonyl (C=O) groups excluding carboxylic acids is 1. The molecule has 0 atom stereocenters. The van der Waals surface area contributed by atoms with E-state index >= 15 is 0 Å². The number of aromatic nitrogens is 2. The van der Waals surface area contributed by atoms with Crippen molar-refractivity contribution in [1.29, 1.82) is 0 Å². The van der Waals surface area contributed by atoms with Gasteiger partial charge in [0.05, 0.1) is 10.6 Å². The number of carbonyl (C=O) groups is 1. The highest BCUT2D eigenvalue weighted by Gasteiger charge is 2.44. The van der Waals surface area contributed by atoms with Crippen molar-refractivity contribution in [2.45, 2.75) is 58.8 Å². The molecule has 3 aromatic rings. The van der Waals surface area contributed by atoms with E-state index in [9.17, 15) is 4.79 Å². The topological polar surface area (TPSA) is 65.4 Å². The molecular formula is C22H25N3O3S. The molecule has 0 unspecified atom stereocenters. The highest BCUT2D eigenvalue weighted by molar-refractivity contribution is 7.20. The minimum atomic E-state index is -0.490. The van der Waals surface area contributed by atoms with Crippen LogP contribution in [-0.2, 0) is 6.54 Å². The van der Waals surface area contributed by atoms with Crippen molar-refractivity contribution >= 4 is 33.1 Å². The normalized spacial score (nSPS) is 17.0. The molecule has 5 rings (SSSR count). The summed E-state index contributed by atoms with van der Waals surface area (Å²) < 4.78 is 14.2. The molecule has 1 amide bonds. The van der Waals surface area contributed by atoms with E-state index in [-0.39, 0.29) is 5.91 Å². The summed E-state index contributed by atoms with van der Waals surface area (Å²) in [5.74, 6) is 1.36. The molecule has 1 fully saturated rings. The van der Waals surface area contributed by atoms with E-state index in [0.29, 0.717) is 22.2 Å². The highest BCUT2D eigenvalue weighted by atomic mass is 32.1. The maximum absolute atomic E-state index is 12.9. The second-order valence-corrected chi connectivity index (χ2v) is 9.46. The lowest BCUT2D eigenvalue weighted by molar-refractivity contribution is -0.0716. The van der Waals surface area contributed by atoms with Crippen LogP contribution in [0.4, 0.5) is 5.69 Å². The number of rotatable bonds is 4. The molecular weight excluding hydrogens is 386 g/mol. The van der Waals surface area contributed by atoms with E-state index in [2.05, 4.69) is 24.3 Å². The standard InChI is InChI=1S/C22H25N3O3S/c1-13(2)12-25-21-16(14(3)24-25)11-19(29-21)20(26)23-15-6-7-17-18(10-15)28-22(27-17)8-4-5-9-22/h6-7,10-11,13H,4-5,8-9,12H2,1-3H3,(H,23,26). The third kappa shape index (κ3) is 3.27. The Morgan fingerprint density at radius 3 is 2.76 bits per heavy atom. The molecule has 2 aliphatic rings. The van der Waals surface area contributed by atoms with Crippen molar-refractivity contribution < 1.29 is 14.3 Å². The smallest absolute Gasteiger partial charge is 0.265 e. The Labute approximate surface area is 173 Å². The summed E-state index contributed by atoms with van der Waals surface area (Å²) in [5, 5.41) is 8.67. The number of aryl methyl sites for hydroxylation is 1. The van der Waals surface area contributed by atoms with Gasteiger partial charge in [0, 0.05) is 36.5 Å². The second-order valence-electron chi connectivity index (χ2n) is 8.43. The highest BCUT2D eigenvalue weighted by Crippen LogP contribution is 2.47. The van der Waals surface area contributed by atoms with Crippen molar-refractivity contribution in [2.24, 2.45) is 5.92 Å². The van der Waals surface area contributed by atoms with Gasteiger partial charge in [0.15, 0.2) is 11.5 Å². The fraction of sp³-hybridized carbons (Fsp3) is 0.455. The quantitative estimate of drug-likeness (QED) is 0.628. The number of hydrogen-bond donors (Lipinski definition) is 1. The van der Waals surface area contributed by atoms with Crippen molar-refractivity contribution in [2.75, 3.05) is 5.32 Å². The van der Waals surface area contributed by atoms with Gasteiger partial charge in [-0.1, -0.05) is 13.8 Å². The molecule has 1 aliphatic carbocycles. The summed E-state index contributed by atoms with van der Waals surface area (Å²) >= 11 is 1.49. The first kappa shape index (κ1) is 18.5. The summed E-state index contributed by atoms with van der Waals surface area (Å²) in [7, 11) is 0. The minimum Gasteiger partial charge on any atom is -0.448 e. The van der Waals surface area contributed by atoms with Gasteiger partial charge >= 0.3 is 0 Å². The lowest BCUT2D eigenvalue weighted by Crippen LogP contribution is -2.34. The van der Waals surface area contributed by atoms with Gasteiger partial charge in [-0.3, -0.25) is 9.48 Å². The molecule has 0 bridgehead atoms. The SMILES string of the molecule is Cc1nn(CC(C)C)c2sc(C(=O)Nc3ccc4c(c3)OC3(CCCC3)O4)cc12. The molecule has 6 nitrogen and oxygen atoms in total. The van der Waals surface area contributed by atoms with E-state index in [1.165, 1.54) is 11.3 Å². The van der Waals surface area contributed by atoms with Gasteiger partial charge in [0.25, 0.3) is 11.7 Å². The van der Waals surface area contributed by atoms with Crippen LogP contribution in [0.5, 0.6) is 11.5 Å². The number of nitrogens with zero attached hydrogens (tertiary/aromatic N) is 2. The molecule has 2 aromatic heterocycles. The molecule has 1 N–H and O–H groups in total. The van der Waals surface area contributed by atoms with Gasteiger partial charge in [-0.15, -0.1) is 11.3 Å². The zero-order chi connectivity index (χ0) is 20.2. The molecule has 1 saturated carbocycles. The van der Waals surface area contributed by atoms with Gasteiger partial charge in [-0.25, -0.2) is 0 Å². The molecule has 1 spiro atoms. The molecule has 7 heteroatoms. The van der Waals surface area contributed by atoms with E-state index < -0.39 is 5.79 Å². The Morgan fingerprint density at radius 2 is 2.00 bits per heavy atom. The zero-order valence-electron chi connectivity index (χ0n) is 16.9. The first-order valence-corrected chi connectivity index (χ1v) is 11.0. The number of hydrogen-bond acceptors (Lipinski definition) is 5. The van der Waals surface area contributed by atoms with E-state index in [1.54, 1.807) is 0 Å². The van der Waals surface area contributed by atoms with Crippen LogP contribution in [0.2, 0.25) is 0 Å². The van der Waals surface area contributed by atoms with Gasteiger partial charge in [0.1, 0.15) is 4.83 Å². The molecule has 1 aliphatic heterocycles. The number of benzene rings is 1. The average molecular weight is 412 g/mol. The number of thiophene rings is 1. The van der Waals surface area contributed by atoms with Crippen LogP contribution in [-0.4, -0.2) is 21.5 Å². The van der Waals surface area contributed by atoms with Crippen LogP contribution in [0, 0.1) is 12.8 Å². The Balaban J connectivity index is 1.36. The summed E-state index contributed by atoms with van der Waals surface area (Å²) in [5.41, 5.74) is 1.67. The third-order valence-electron chi connectivity index (χ3n) is 5.53. The van der Waals surface area contributed by atoms with Crippen LogP contribution >= 0.6 is 11.3 Å². The van der Waals surface area contributed by atoms with Gasteiger partial charge < -0.3 is 14.8 Å². The molecule has 29 heavy (non-hydrogen) atoms. The minimum absolute atomic E-state index is 0.115. The number of anilines is 1. The van der Waals surface area contributed by atoms with Crippen molar-refractivity contribution in [3.8, 4) is 11.5 Å². The molecule has 152 valence electrons. The zero-order valence-corrected chi connectivity index (χ0v) is 17.8. The monoisotopic (exact) mass is 411 g/mol. The molecule has 0 radical (unpaired) electrons. The van der Waals surface area contributed by atoms with Gasteiger partial charge in [-0.2, -0.15) is 5.10 Å². The maximum atomic E-state index is 12.9. The lowest BCUT2D eigenvalue weighted by atomic mass is 10.2. The van der Waals surface area contributed by atoms with Crippen LogP contribution in [0.15, 0.2) is 24.3 Å². The Morgan fingerprint density at radius 1 is 1.24 bits per heavy atom. The van der Waals surface area contributed by atoms with E-state index in [1.807, 2.05) is 35.9 Å². The lowest BCUT2D eigenvalue weighted by Gasteiger charge is -2.21. The Hall–Kier alpha value is -2.54. The van der Waals surface area contributed by atoms with Crippen LogP contribution < -0.4 is 14.8 Å². The fourth-order valence-corrected chi connectivity index (χ4v) is 5.24. The average Bonchev–Trinajstić information content (AvgIpc) is 3.41. The second kappa shape index (κ2) is 6.76. The number of ether oxygens (including phenoxy) is 2. The predicted molar refractivity (Wildman–Crippen MR) is 114 cm³/mol. The van der Waals surface area contributed by atoms with Crippen LogP contribution in [0.1, 0.15) is 54.9 Å². The van der Waals surface area contributed by atoms with Crippen molar-refractivity contribution in [1.82, 2.24) is 9.78 Å². The number of nitrogens with one attached hydrogen (secondary N) is 1. The van der Waals surface area contributed by atoms with E-state index in [4.69, 9.17) is 9.47 Å². The van der Waals surface area contributed by atoms with E-state index in [0.717, 1.165) is 53.9 Å². The van der Waals surface area contributed by atoms with Gasteiger partial charge in [0.2, 0.25) is 0 Å². The first-order valence-electron chi connectivity index (χ1n) is 10.2. The maximum Gasteiger partial charge on any atom is 0.265 e. The Bertz CT molecular complexity index is 1090.